The van der Waals surface area contributed by atoms with Crippen LogP contribution in [0, 0.1) is 12.7 Å². The molecule has 5 rings (SSSR count). The van der Waals surface area contributed by atoms with Gasteiger partial charge >= 0.3 is 5.69 Å². The van der Waals surface area contributed by atoms with Crippen molar-refractivity contribution in [3.63, 3.8) is 0 Å². The number of amides is 1. The lowest BCUT2D eigenvalue weighted by Crippen LogP contribution is -2.42. The first-order chi connectivity index (χ1) is 15.0. The quantitative estimate of drug-likeness (QED) is 0.525. The van der Waals surface area contributed by atoms with Crippen molar-refractivity contribution < 1.29 is 9.18 Å². The van der Waals surface area contributed by atoms with Gasteiger partial charge < -0.3 is 10.2 Å². The van der Waals surface area contributed by atoms with E-state index in [4.69, 9.17) is 0 Å². The van der Waals surface area contributed by atoms with Crippen LogP contribution in [0.5, 0.6) is 0 Å². The Bertz CT molecular complexity index is 1360. The second kappa shape index (κ2) is 7.46. The van der Waals surface area contributed by atoms with Crippen LogP contribution in [0.15, 0.2) is 41.2 Å². The number of likely N-dealkylation sites (tertiary alicyclic amines) is 1. The Morgan fingerprint density at radius 2 is 2.00 bits per heavy atom. The maximum absolute atomic E-state index is 13.7. The number of halogens is 1. The van der Waals surface area contributed by atoms with Crippen molar-refractivity contribution in [2.24, 2.45) is 0 Å². The molecule has 31 heavy (non-hydrogen) atoms. The fraction of sp³-hybridized carbons (Fsp3) is 0.286. The Balaban J connectivity index is 1.36. The topological polar surface area (TPSA) is 108 Å². The first-order valence-corrected chi connectivity index (χ1v) is 10.1. The van der Waals surface area contributed by atoms with E-state index in [1.165, 1.54) is 22.6 Å². The Hall–Kier alpha value is -3.82. The number of pyridine rings is 1. The highest BCUT2D eigenvalue weighted by Gasteiger charge is 2.25. The minimum atomic E-state index is -0.456. The molecule has 4 aromatic rings. The number of nitrogens with one attached hydrogen (secondary N) is 2. The van der Waals surface area contributed by atoms with Gasteiger partial charge in [-0.2, -0.15) is 0 Å². The number of H-pyrrole nitrogens is 1. The molecule has 0 atom stereocenters. The summed E-state index contributed by atoms with van der Waals surface area (Å²) < 4.78 is 15.0. The fourth-order valence-corrected chi connectivity index (χ4v) is 3.96. The van der Waals surface area contributed by atoms with E-state index < -0.39 is 11.5 Å². The van der Waals surface area contributed by atoms with Gasteiger partial charge in [-0.05, 0) is 44.0 Å². The summed E-state index contributed by atoms with van der Waals surface area (Å²) in [6, 6.07) is 9.57. The number of carbonyl (C=O) groups excluding carboxylic acids is 1. The minimum Gasteiger partial charge on any atom is -0.364 e. The largest absolute Gasteiger partial charge is 0.364 e. The number of hydrogen-bond acceptors (Lipinski definition) is 6. The lowest BCUT2D eigenvalue weighted by molar-refractivity contribution is 0.0712. The molecule has 9 nitrogen and oxygen atoms in total. The molecule has 1 aromatic carbocycles. The number of fused-ring (bicyclic) bond motifs is 3. The average molecular weight is 421 g/mol. The molecular weight excluding hydrogens is 401 g/mol. The van der Waals surface area contributed by atoms with E-state index in [0.29, 0.717) is 54.1 Å². The summed E-state index contributed by atoms with van der Waals surface area (Å²) in [7, 11) is 0. The van der Waals surface area contributed by atoms with Crippen LogP contribution < -0.4 is 11.0 Å². The summed E-state index contributed by atoms with van der Waals surface area (Å²) in [5, 5.41) is 9.82. The number of aryl methyl sites for hydroxylation is 1. The molecule has 0 radical (unpaired) electrons. The van der Waals surface area contributed by atoms with Crippen molar-refractivity contribution in [1.29, 1.82) is 0 Å². The highest BCUT2D eigenvalue weighted by atomic mass is 19.1. The van der Waals surface area contributed by atoms with E-state index in [0.717, 1.165) is 5.69 Å². The van der Waals surface area contributed by atoms with Gasteiger partial charge in [0, 0.05) is 30.9 Å². The average Bonchev–Trinajstić information content (AvgIpc) is 3.16. The third-order valence-electron chi connectivity index (χ3n) is 5.53. The minimum absolute atomic E-state index is 0.0514. The molecule has 0 bridgehead atoms. The van der Waals surface area contributed by atoms with Crippen LogP contribution in [0.4, 0.5) is 10.2 Å². The molecule has 2 N–H and O–H groups in total. The summed E-state index contributed by atoms with van der Waals surface area (Å²) in [5.41, 5.74) is 1.95. The first kappa shape index (κ1) is 19.2. The second-order valence-corrected chi connectivity index (χ2v) is 7.66. The Morgan fingerprint density at radius 3 is 2.77 bits per heavy atom. The van der Waals surface area contributed by atoms with Gasteiger partial charge in [-0.3, -0.25) is 4.79 Å². The van der Waals surface area contributed by atoms with Crippen molar-refractivity contribution in [2.75, 3.05) is 18.4 Å². The summed E-state index contributed by atoms with van der Waals surface area (Å²) in [6.45, 7) is 3.02. The summed E-state index contributed by atoms with van der Waals surface area (Å²) in [6.07, 6.45) is 1.42. The number of hydrogen-bond donors (Lipinski definition) is 2. The fourth-order valence-electron chi connectivity index (χ4n) is 3.96. The van der Waals surface area contributed by atoms with E-state index in [9.17, 15) is 14.0 Å². The maximum Gasteiger partial charge on any atom is 0.348 e. The van der Waals surface area contributed by atoms with Gasteiger partial charge in [0.25, 0.3) is 5.91 Å². The maximum atomic E-state index is 13.7. The van der Waals surface area contributed by atoms with Gasteiger partial charge in [0.15, 0.2) is 5.82 Å². The Labute approximate surface area is 175 Å². The van der Waals surface area contributed by atoms with E-state index in [-0.39, 0.29) is 11.9 Å². The molecule has 1 saturated heterocycles. The van der Waals surface area contributed by atoms with Crippen LogP contribution in [0.25, 0.3) is 16.7 Å². The SMILES string of the molecule is Cc1cccc(C(=O)N2CCC(Nc3nc4ccc(F)cc4n4c(=O)[nH]nc34)CC2)n1. The molecule has 0 unspecified atom stereocenters. The Morgan fingerprint density at radius 1 is 1.19 bits per heavy atom. The van der Waals surface area contributed by atoms with Crippen LogP contribution >= 0.6 is 0 Å². The van der Waals surface area contributed by atoms with Crippen molar-refractivity contribution in [3.05, 3.63) is 64.1 Å². The summed E-state index contributed by atoms with van der Waals surface area (Å²) in [5.74, 6) is -0.0821. The number of aromatic amines is 1. The van der Waals surface area contributed by atoms with Crippen molar-refractivity contribution in [2.45, 2.75) is 25.8 Å². The summed E-state index contributed by atoms with van der Waals surface area (Å²) in [4.78, 5) is 35.6. The lowest BCUT2D eigenvalue weighted by atomic mass is 10.0. The van der Waals surface area contributed by atoms with E-state index >= 15 is 0 Å². The normalized spacial score (nSPS) is 15.0. The zero-order valence-corrected chi connectivity index (χ0v) is 16.8. The number of carbonyl (C=O) groups is 1. The molecule has 0 spiro atoms. The third kappa shape index (κ3) is 3.49. The zero-order chi connectivity index (χ0) is 21.5. The zero-order valence-electron chi connectivity index (χ0n) is 16.8. The van der Waals surface area contributed by atoms with E-state index in [1.807, 2.05) is 19.1 Å². The number of rotatable bonds is 3. The van der Waals surface area contributed by atoms with Gasteiger partial charge in [-0.25, -0.2) is 28.7 Å². The number of aromatic nitrogens is 5. The molecule has 4 heterocycles. The van der Waals surface area contributed by atoms with Crippen molar-refractivity contribution in [1.82, 2.24) is 29.5 Å². The molecule has 1 aliphatic rings. The van der Waals surface area contributed by atoms with Crippen LogP contribution in [-0.2, 0) is 0 Å². The predicted octanol–water partition coefficient (Wildman–Crippen LogP) is 2.13. The molecule has 0 aliphatic carbocycles. The van der Waals surface area contributed by atoms with Crippen LogP contribution in [-0.4, -0.2) is 54.5 Å². The lowest BCUT2D eigenvalue weighted by Gasteiger charge is -2.32. The molecule has 0 saturated carbocycles. The van der Waals surface area contributed by atoms with Crippen LogP contribution in [0.2, 0.25) is 0 Å². The van der Waals surface area contributed by atoms with Gasteiger partial charge in [-0.1, -0.05) is 6.07 Å². The second-order valence-electron chi connectivity index (χ2n) is 7.66. The van der Waals surface area contributed by atoms with Gasteiger partial charge in [-0.15, -0.1) is 5.10 Å². The highest BCUT2D eigenvalue weighted by Crippen LogP contribution is 2.23. The molecular formula is C21H20FN7O2. The number of benzene rings is 1. The van der Waals surface area contributed by atoms with Crippen molar-refractivity contribution >= 4 is 28.4 Å². The first-order valence-electron chi connectivity index (χ1n) is 10.1. The van der Waals surface area contributed by atoms with Crippen molar-refractivity contribution in [3.8, 4) is 0 Å². The number of nitrogens with zero attached hydrogens (tertiary/aromatic N) is 5. The predicted molar refractivity (Wildman–Crippen MR) is 113 cm³/mol. The standard InChI is InChI=1S/C21H20FN7O2/c1-12-3-2-4-16(23-12)20(30)28-9-7-14(8-10-28)24-18-19-26-27-21(31)29(19)17-11-13(22)5-6-15(17)25-18/h2-6,11,14H,7-10H2,1H3,(H,24,25)(H,27,31). The van der Waals surface area contributed by atoms with E-state index in [1.54, 1.807) is 11.0 Å². The molecule has 1 aliphatic heterocycles. The summed E-state index contributed by atoms with van der Waals surface area (Å²) >= 11 is 0. The number of piperidine rings is 1. The number of anilines is 1. The van der Waals surface area contributed by atoms with Crippen LogP contribution in [0.3, 0.4) is 0 Å². The van der Waals surface area contributed by atoms with Gasteiger partial charge in [0.1, 0.15) is 11.5 Å². The third-order valence-corrected chi connectivity index (χ3v) is 5.53. The van der Waals surface area contributed by atoms with Gasteiger partial charge in [0.05, 0.1) is 11.0 Å². The molecule has 10 heteroatoms. The highest BCUT2D eigenvalue weighted by molar-refractivity contribution is 5.92. The van der Waals surface area contributed by atoms with E-state index in [2.05, 4.69) is 25.5 Å². The monoisotopic (exact) mass is 421 g/mol. The smallest absolute Gasteiger partial charge is 0.348 e. The van der Waals surface area contributed by atoms with Crippen LogP contribution in [0.1, 0.15) is 29.0 Å². The van der Waals surface area contributed by atoms with Gasteiger partial charge in [0.2, 0.25) is 5.65 Å². The molecule has 1 fully saturated rings. The Kier molecular flexibility index (Phi) is 4.61. The molecule has 158 valence electrons. The molecule has 3 aromatic heterocycles. The molecule has 1 amide bonds.